The Morgan fingerprint density at radius 3 is 2.28 bits per heavy atom. The Kier molecular flexibility index (Phi) is 8.47. The van der Waals surface area contributed by atoms with E-state index in [0.717, 1.165) is 12.8 Å². The quantitative estimate of drug-likeness (QED) is 0.155. The van der Waals surface area contributed by atoms with Crippen LogP contribution in [0.25, 0.3) is 33.2 Å². The van der Waals surface area contributed by atoms with Gasteiger partial charge in [-0.1, -0.05) is 38.1 Å². The van der Waals surface area contributed by atoms with Crippen LogP contribution in [-0.2, 0) is 16.0 Å². The van der Waals surface area contributed by atoms with Gasteiger partial charge in [-0.3, -0.25) is 14.5 Å². The number of aromatic amines is 3. The van der Waals surface area contributed by atoms with Gasteiger partial charge in [0.25, 0.3) is 0 Å². The number of nitrogens with one attached hydrogen (secondary N) is 3. The van der Waals surface area contributed by atoms with Crippen molar-refractivity contribution in [3.63, 3.8) is 0 Å². The van der Waals surface area contributed by atoms with Gasteiger partial charge in [0.2, 0.25) is 11.8 Å². The highest BCUT2D eigenvalue weighted by molar-refractivity contribution is 6.02. The molecule has 0 spiro atoms. The number of primary amides is 1. The lowest BCUT2D eigenvalue weighted by atomic mass is 9.81. The highest BCUT2D eigenvalue weighted by atomic mass is 19.2. The molecule has 7 N–H and O–H groups in total. The van der Waals surface area contributed by atoms with Gasteiger partial charge in [0.05, 0.1) is 16.6 Å². The number of amides is 2. The maximum atomic E-state index is 15.2. The van der Waals surface area contributed by atoms with E-state index < -0.39 is 23.6 Å². The lowest BCUT2D eigenvalue weighted by Crippen LogP contribution is -2.52. The molecule has 1 aliphatic carbocycles. The standard InChI is InChI=1S/C34H37F2N7O3/c1-17(2)32-39-26-15-23(28(35)29(36)30(26)42-32)20-7-3-18(4-8-20)13-27(31(38)44)43(33(45)21-9-5-19(16-37)6-10-21)22-11-12-24-25(14-22)41-34(46)40-24/h3-4,7-8,11-12,14-15,17,19,21,27H,5-6,9-10,13,16,37H2,1-2H3,(H2,38,44)(H,39,42)(H2,40,41,46)/t19?,21?,27-/m0/s1. The predicted molar refractivity (Wildman–Crippen MR) is 173 cm³/mol. The number of nitrogens with zero attached hydrogens (tertiary/aromatic N) is 2. The molecule has 0 aliphatic heterocycles. The van der Waals surface area contributed by atoms with Crippen LogP contribution in [0.4, 0.5) is 14.5 Å². The van der Waals surface area contributed by atoms with E-state index in [2.05, 4.69) is 19.9 Å². The average Bonchev–Trinajstić information content (AvgIpc) is 3.65. The fraction of sp³-hybridized carbons (Fsp3) is 0.353. The van der Waals surface area contributed by atoms with Crippen molar-refractivity contribution in [1.82, 2.24) is 19.9 Å². The molecule has 2 heterocycles. The number of hydrogen-bond acceptors (Lipinski definition) is 5. The molecule has 1 saturated carbocycles. The van der Waals surface area contributed by atoms with Gasteiger partial charge in [0.1, 0.15) is 17.4 Å². The highest BCUT2D eigenvalue weighted by Crippen LogP contribution is 2.34. The van der Waals surface area contributed by atoms with Gasteiger partial charge in [-0.2, -0.15) is 0 Å². The van der Waals surface area contributed by atoms with Crippen molar-refractivity contribution < 1.29 is 18.4 Å². The second kappa shape index (κ2) is 12.5. The number of fused-ring (bicyclic) bond motifs is 2. The first-order chi connectivity index (χ1) is 22.0. The summed E-state index contributed by atoms with van der Waals surface area (Å²) < 4.78 is 30.2. The molecular formula is C34H37F2N7O3. The molecule has 2 aromatic heterocycles. The number of hydrogen-bond donors (Lipinski definition) is 5. The third-order valence-electron chi connectivity index (χ3n) is 9.10. The molecule has 0 unspecified atom stereocenters. The van der Waals surface area contributed by atoms with Crippen LogP contribution in [0.2, 0.25) is 0 Å². The molecule has 46 heavy (non-hydrogen) atoms. The fourth-order valence-corrected chi connectivity index (χ4v) is 6.43. The minimum atomic E-state index is -1.06. The fourth-order valence-electron chi connectivity index (χ4n) is 6.43. The van der Waals surface area contributed by atoms with E-state index in [0.29, 0.717) is 64.5 Å². The van der Waals surface area contributed by atoms with E-state index in [4.69, 9.17) is 11.5 Å². The molecule has 1 atom stereocenters. The van der Waals surface area contributed by atoms with Gasteiger partial charge >= 0.3 is 5.69 Å². The van der Waals surface area contributed by atoms with Crippen molar-refractivity contribution in [3.8, 4) is 11.1 Å². The van der Waals surface area contributed by atoms with Gasteiger partial charge in [-0.25, -0.2) is 18.6 Å². The predicted octanol–water partition coefficient (Wildman–Crippen LogP) is 5.00. The van der Waals surface area contributed by atoms with Crippen LogP contribution in [-0.4, -0.2) is 44.3 Å². The van der Waals surface area contributed by atoms with Crippen molar-refractivity contribution in [1.29, 1.82) is 0 Å². The van der Waals surface area contributed by atoms with E-state index in [1.165, 1.54) is 11.0 Å². The van der Waals surface area contributed by atoms with Gasteiger partial charge in [0, 0.05) is 29.5 Å². The smallest absolute Gasteiger partial charge is 0.323 e. The molecule has 5 aromatic rings. The maximum absolute atomic E-state index is 15.2. The zero-order chi connectivity index (χ0) is 32.7. The number of carbonyl (C=O) groups is 2. The van der Waals surface area contributed by atoms with Gasteiger partial charge in [-0.05, 0) is 73.5 Å². The Morgan fingerprint density at radius 1 is 0.935 bits per heavy atom. The topological polar surface area (TPSA) is 167 Å². The van der Waals surface area contributed by atoms with Crippen molar-refractivity contribution in [2.75, 3.05) is 11.4 Å². The lowest BCUT2D eigenvalue weighted by molar-refractivity contribution is -0.127. The zero-order valence-electron chi connectivity index (χ0n) is 25.7. The largest absolute Gasteiger partial charge is 0.368 e. The van der Waals surface area contributed by atoms with Crippen LogP contribution in [0.1, 0.15) is 56.8 Å². The third kappa shape index (κ3) is 5.92. The molecule has 0 bridgehead atoms. The molecule has 240 valence electrons. The second-order valence-corrected chi connectivity index (χ2v) is 12.5. The van der Waals surface area contributed by atoms with E-state index in [1.807, 2.05) is 13.8 Å². The Hall–Kier alpha value is -4.84. The molecule has 2 amide bonds. The summed E-state index contributed by atoms with van der Waals surface area (Å²) >= 11 is 0. The molecule has 12 heteroatoms. The minimum Gasteiger partial charge on any atom is -0.368 e. The highest BCUT2D eigenvalue weighted by Gasteiger charge is 2.36. The summed E-state index contributed by atoms with van der Waals surface area (Å²) in [4.78, 5) is 53.3. The average molecular weight is 630 g/mol. The molecule has 0 radical (unpaired) electrons. The number of imidazole rings is 2. The number of halogens is 2. The summed E-state index contributed by atoms with van der Waals surface area (Å²) in [6.07, 6.45) is 2.99. The minimum absolute atomic E-state index is 0.00967. The molecule has 0 saturated heterocycles. The summed E-state index contributed by atoms with van der Waals surface area (Å²) in [5.41, 5.74) is 14.5. The molecule has 1 aliphatic rings. The lowest BCUT2D eigenvalue weighted by Gasteiger charge is -2.35. The summed E-state index contributed by atoms with van der Waals surface area (Å²) in [5.74, 6) is -2.34. The number of nitrogens with two attached hydrogens (primary N) is 2. The number of aromatic nitrogens is 4. The van der Waals surface area contributed by atoms with E-state index in [-0.39, 0.29) is 40.9 Å². The Morgan fingerprint density at radius 2 is 1.63 bits per heavy atom. The van der Waals surface area contributed by atoms with Crippen LogP contribution in [0.5, 0.6) is 0 Å². The van der Waals surface area contributed by atoms with Crippen LogP contribution in [0, 0.1) is 23.5 Å². The maximum Gasteiger partial charge on any atom is 0.323 e. The second-order valence-electron chi connectivity index (χ2n) is 12.5. The first kappa shape index (κ1) is 31.2. The first-order valence-corrected chi connectivity index (χ1v) is 15.6. The summed E-state index contributed by atoms with van der Waals surface area (Å²) in [7, 11) is 0. The summed E-state index contributed by atoms with van der Waals surface area (Å²) in [6, 6.07) is 12.2. The van der Waals surface area contributed by atoms with Gasteiger partial charge in [-0.15, -0.1) is 0 Å². The normalized spacial score (nSPS) is 17.5. The van der Waals surface area contributed by atoms with Crippen molar-refractivity contribution in [2.24, 2.45) is 23.3 Å². The monoisotopic (exact) mass is 629 g/mol. The number of anilines is 1. The molecule has 6 rings (SSSR count). The van der Waals surface area contributed by atoms with E-state index in [9.17, 15) is 14.4 Å². The van der Waals surface area contributed by atoms with Crippen LogP contribution in [0.3, 0.4) is 0 Å². The van der Waals surface area contributed by atoms with Crippen molar-refractivity contribution >= 4 is 39.6 Å². The van der Waals surface area contributed by atoms with E-state index >= 15 is 8.78 Å². The van der Waals surface area contributed by atoms with Gasteiger partial charge in [0.15, 0.2) is 11.6 Å². The molecule has 10 nitrogen and oxygen atoms in total. The third-order valence-corrected chi connectivity index (χ3v) is 9.10. The number of benzene rings is 3. The van der Waals surface area contributed by atoms with E-state index in [1.54, 1.807) is 42.5 Å². The zero-order valence-corrected chi connectivity index (χ0v) is 25.7. The molecule has 3 aromatic carbocycles. The van der Waals surface area contributed by atoms with Crippen LogP contribution < -0.4 is 22.1 Å². The molecule has 1 fully saturated rings. The van der Waals surface area contributed by atoms with Crippen molar-refractivity contribution in [2.45, 2.75) is 57.9 Å². The first-order valence-electron chi connectivity index (χ1n) is 15.6. The van der Waals surface area contributed by atoms with Crippen LogP contribution in [0.15, 0.2) is 53.3 Å². The van der Waals surface area contributed by atoms with Crippen LogP contribution >= 0.6 is 0 Å². The Labute approximate surface area is 263 Å². The SMILES string of the molecule is CC(C)c1nc2c(F)c(F)c(-c3ccc(C[C@@H](C(N)=O)N(C(=O)C4CCC(CN)CC4)c4ccc5[nH]c(=O)[nH]c5c4)cc3)cc2[nH]1. The molecular weight excluding hydrogens is 592 g/mol. The number of rotatable bonds is 9. The summed E-state index contributed by atoms with van der Waals surface area (Å²) in [5, 5.41) is 0. The van der Waals surface area contributed by atoms with Gasteiger partial charge < -0.3 is 26.4 Å². The van der Waals surface area contributed by atoms with Crippen molar-refractivity contribution in [3.05, 3.63) is 82.0 Å². The Bertz CT molecular complexity index is 1970. The summed E-state index contributed by atoms with van der Waals surface area (Å²) in [6.45, 7) is 4.38. The number of carbonyl (C=O) groups excluding carboxylic acids is 2. The Balaban J connectivity index is 1.33. The number of H-pyrrole nitrogens is 3.